The van der Waals surface area contributed by atoms with Crippen LogP contribution >= 0.6 is 0 Å². The number of nitrogens with one attached hydrogen (secondary N) is 1. The molecule has 0 saturated heterocycles. The molecule has 0 spiro atoms. The van der Waals surface area contributed by atoms with Gasteiger partial charge < -0.3 is 24.6 Å². The number of aliphatic hydroxyl groups excluding tert-OH is 1. The van der Waals surface area contributed by atoms with Crippen molar-refractivity contribution in [1.82, 2.24) is 15.3 Å². The average molecular weight is 514 g/mol. The minimum atomic E-state index is -3.98. The molecule has 0 unspecified atom stereocenters. The number of ether oxygens (including phenoxy) is 3. The molecule has 0 aliphatic carbocycles. The number of sulfone groups is 1. The zero-order valence-corrected chi connectivity index (χ0v) is 20.9. The summed E-state index contributed by atoms with van der Waals surface area (Å²) in [6.45, 7) is 4.65. The largest absolute Gasteiger partial charge is 0.454 e. The number of aromatic nitrogens is 2. The van der Waals surface area contributed by atoms with Gasteiger partial charge in [0.25, 0.3) is 0 Å². The number of carbonyl (C=O) groups excluding carboxylic acids is 1. The lowest BCUT2D eigenvalue weighted by molar-refractivity contribution is 0.0480. The number of amides is 1. The van der Waals surface area contributed by atoms with Gasteiger partial charge in [0.05, 0.1) is 29.8 Å². The number of hydrogen-bond acceptors (Lipinski definition) is 9. The van der Waals surface area contributed by atoms with E-state index in [2.05, 4.69) is 15.3 Å². The van der Waals surface area contributed by atoms with Crippen LogP contribution in [0.3, 0.4) is 0 Å². The topological polar surface area (TPSA) is 137 Å². The van der Waals surface area contributed by atoms with Gasteiger partial charge in [0.1, 0.15) is 5.60 Å². The summed E-state index contributed by atoms with van der Waals surface area (Å²) < 4.78 is 42.7. The van der Waals surface area contributed by atoms with Gasteiger partial charge in [-0.05, 0) is 50.6 Å². The summed E-state index contributed by atoms with van der Waals surface area (Å²) in [6.07, 6.45) is -0.779. The molecule has 0 radical (unpaired) electrons. The number of benzene rings is 2. The smallest absolute Gasteiger partial charge is 0.408 e. The Morgan fingerprint density at radius 3 is 2.50 bits per heavy atom. The Hall–Kier alpha value is -3.70. The predicted molar refractivity (Wildman–Crippen MR) is 130 cm³/mol. The summed E-state index contributed by atoms with van der Waals surface area (Å²) in [5, 5.41) is 12.1. The molecule has 36 heavy (non-hydrogen) atoms. The van der Waals surface area contributed by atoms with Gasteiger partial charge in [-0.2, -0.15) is 0 Å². The number of fused-ring (bicyclic) bond motifs is 1. The van der Waals surface area contributed by atoms with Crippen molar-refractivity contribution in [3.63, 3.8) is 0 Å². The first-order valence-electron chi connectivity index (χ1n) is 11.2. The third-order valence-electron chi connectivity index (χ3n) is 5.10. The summed E-state index contributed by atoms with van der Waals surface area (Å²) in [7, 11) is -3.98. The first kappa shape index (κ1) is 25.4. The van der Waals surface area contributed by atoms with E-state index in [9.17, 15) is 18.3 Å². The Balaban J connectivity index is 1.76. The van der Waals surface area contributed by atoms with Gasteiger partial charge in [0, 0.05) is 5.56 Å². The van der Waals surface area contributed by atoms with Gasteiger partial charge >= 0.3 is 6.09 Å². The number of carbonyl (C=O) groups is 1. The van der Waals surface area contributed by atoms with Gasteiger partial charge in [-0.1, -0.05) is 30.3 Å². The average Bonchev–Trinajstić information content (AvgIpc) is 3.29. The number of alkyl carbamates (subject to hydrolysis) is 1. The maximum absolute atomic E-state index is 13.3. The van der Waals surface area contributed by atoms with Crippen LogP contribution in [-0.2, 0) is 20.3 Å². The highest BCUT2D eigenvalue weighted by atomic mass is 32.2. The lowest BCUT2D eigenvalue weighted by Crippen LogP contribution is -2.36. The van der Waals surface area contributed by atoms with Crippen LogP contribution in [0.5, 0.6) is 11.5 Å². The van der Waals surface area contributed by atoms with Crippen molar-refractivity contribution in [2.24, 2.45) is 0 Å². The molecular formula is C25H27N3O7S. The van der Waals surface area contributed by atoms with Gasteiger partial charge in [-0.3, -0.25) is 0 Å². The molecular weight excluding hydrogens is 486 g/mol. The van der Waals surface area contributed by atoms with Crippen molar-refractivity contribution >= 4 is 15.9 Å². The van der Waals surface area contributed by atoms with Crippen LogP contribution in [0, 0.1) is 0 Å². The fourth-order valence-electron chi connectivity index (χ4n) is 3.49. The Kier molecular flexibility index (Phi) is 7.14. The van der Waals surface area contributed by atoms with E-state index < -0.39 is 39.3 Å². The fourth-order valence-corrected chi connectivity index (χ4v) is 4.73. The van der Waals surface area contributed by atoms with E-state index in [-0.39, 0.29) is 23.9 Å². The van der Waals surface area contributed by atoms with Crippen molar-refractivity contribution in [3.05, 3.63) is 65.9 Å². The molecule has 4 rings (SSSR count). The maximum Gasteiger partial charge on any atom is 0.408 e. The molecule has 3 aromatic rings. The zero-order valence-electron chi connectivity index (χ0n) is 20.1. The van der Waals surface area contributed by atoms with Gasteiger partial charge in [0.2, 0.25) is 21.8 Å². The molecule has 1 aliphatic rings. The zero-order chi connectivity index (χ0) is 25.9. The van der Waals surface area contributed by atoms with Crippen molar-refractivity contribution in [1.29, 1.82) is 0 Å². The van der Waals surface area contributed by atoms with Crippen LogP contribution in [0.1, 0.15) is 38.1 Å². The van der Waals surface area contributed by atoms with Crippen molar-refractivity contribution < 1.29 is 32.5 Å². The Morgan fingerprint density at radius 2 is 1.81 bits per heavy atom. The fraction of sp³-hybridized carbons (Fsp3) is 0.320. The van der Waals surface area contributed by atoms with E-state index in [1.165, 1.54) is 6.07 Å². The molecule has 2 aromatic carbocycles. The van der Waals surface area contributed by atoms with Crippen molar-refractivity contribution in [3.8, 4) is 22.8 Å². The molecule has 11 heteroatoms. The lowest BCUT2D eigenvalue weighted by Gasteiger charge is -2.23. The normalized spacial score (nSPS) is 13.8. The van der Waals surface area contributed by atoms with E-state index in [0.29, 0.717) is 22.6 Å². The van der Waals surface area contributed by atoms with E-state index in [4.69, 9.17) is 14.2 Å². The second-order valence-corrected chi connectivity index (χ2v) is 11.0. The first-order chi connectivity index (χ1) is 17.0. The highest BCUT2D eigenvalue weighted by Gasteiger charge is 2.26. The number of aliphatic hydroxyl groups is 1. The highest BCUT2D eigenvalue weighted by molar-refractivity contribution is 7.90. The van der Waals surface area contributed by atoms with Crippen LogP contribution in [-0.4, -0.2) is 48.6 Å². The molecule has 1 amide bonds. The lowest BCUT2D eigenvalue weighted by atomic mass is 10.1. The molecule has 2 heterocycles. The SMILES string of the molecule is CC(C)(C)OC(=O)N[C@H](CO)c1cc(-c2ccc3c(c2)OCO3)nc(S(=O)(=O)Cc2ccccc2)n1. The van der Waals surface area contributed by atoms with Crippen LogP contribution in [0.4, 0.5) is 4.79 Å². The van der Waals surface area contributed by atoms with E-state index in [0.717, 1.165) is 0 Å². The molecule has 0 fully saturated rings. The van der Waals surface area contributed by atoms with Gasteiger partial charge in [0.15, 0.2) is 11.5 Å². The number of rotatable bonds is 7. The van der Waals surface area contributed by atoms with E-state index >= 15 is 0 Å². The van der Waals surface area contributed by atoms with E-state index in [1.54, 1.807) is 69.3 Å². The minimum absolute atomic E-state index is 0.0803. The summed E-state index contributed by atoms with van der Waals surface area (Å²) in [6, 6.07) is 14.2. The molecule has 0 saturated carbocycles. The second kappa shape index (κ2) is 10.1. The van der Waals surface area contributed by atoms with Crippen molar-refractivity contribution in [2.45, 2.75) is 43.3 Å². The summed E-state index contributed by atoms with van der Waals surface area (Å²) in [5.74, 6) is 0.734. The minimum Gasteiger partial charge on any atom is -0.454 e. The number of nitrogens with zero attached hydrogens (tertiary/aromatic N) is 2. The Morgan fingerprint density at radius 1 is 1.08 bits per heavy atom. The third kappa shape index (κ3) is 6.10. The molecule has 1 aromatic heterocycles. The molecule has 2 N–H and O–H groups in total. The van der Waals surface area contributed by atoms with Gasteiger partial charge in [-0.25, -0.2) is 23.2 Å². The highest BCUT2D eigenvalue weighted by Crippen LogP contribution is 2.36. The summed E-state index contributed by atoms with van der Waals surface area (Å²) >= 11 is 0. The third-order valence-corrected chi connectivity index (χ3v) is 6.55. The summed E-state index contributed by atoms with van der Waals surface area (Å²) in [5.41, 5.74) is 0.735. The molecule has 0 bridgehead atoms. The first-order valence-corrected chi connectivity index (χ1v) is 12.9. The van der Waals surface area contributed by atoms with Crippen LogP contribution in [0.2, 0.25) is 0 Å². The molecule has 1 aliphatic heterocycles. The van der Waals surface area contributed by atoms with Crippen LogP contribution < -0.4 is 14.8 Å². The van der Waals surface area contributed by atoms with Crippen LogP contribution in [0.15, 0.2) is 59.8 Å². The standard InChI is InChI=1S/C25H27N3O7S/c1-25(2,3)35-24(30)28-20(13-29)19-12-18(17-9-10-21-22(11-17)34-15-33-21)26-23(27-19)36(31,32)14-16-7-5-4-6-8-16/h4-12,20,29H,13-15H2,1-3H3,(H,28,30)/t20-/m1/s1. The molecule has 190 valence electrons. The molecule has 10 nitrogen and oxygen atoms in total. The number of hydrogen-bond donors (Lipinski definition) is 2. The predicted octanol–water partition coefficient (Wildman–Crippen LogP) is 3.40. The van der Waals surface area contributed by atoms with Gasteiger partial charge in [-0.15, -0.1) is 0 Å². The second-order valence-electron chi connectivity index (χ2n) is 9.15. The molecule has 1 atom stereocenters. The van der Waals surface area contributed by atoms with Crippen LogP contribution in [0.25, 0.3) is 11.3 Å². The van der Waals surface area contributed by atoms with E-state index in [1.807, 2.05) is 0 Å². The van der Waals surface area contributed by atoms with Crippen molar-refractivity contribution in [2.75, 3.05) is 13.4 Å². The quantitative estimate of drug-likeness (QED) is 0.455. The Bertz CT molecular complexity index is 1360. The maximum atomic E-state index is 13.3. The Labute approximate surface area is 209 Å². The summed E-state index contributed by atoms with van der Waals surface area (Å²) in [4.78, 5) is 20.9. The monoisotopic (exact) mass is 513 g/mol.